The Morgan fingerprint density at radius 2 is 2.22 bits per heavy atom. The summed E-state index contributed by atoms with van der Waals surface area (Å²) >= 11 is 0. The van der Waals surface area contributed by atoms with Crippen LogP contribution in [-0.4, -0.2) is 22.6 Å². The number of carboxylic acid groups (broad SMARTS) is 1. The summed E-state index contributed by atoms with van der Waals surface area (Å²) in [6.07, 6.45) is 3.56. The van der Waals surface area contributed by atoms with E-state index in [0.717, 1.165) is 35.9 Å². The molecule has 1 aromatic carbocycles. The molecule has 2 unspecified atom stereocenters. The minimum atomic E-state index is -0.712. The van der Waals surface area contributed by atoms with Gasteiger partial charge in [0.15, 0.2) is 0 Å². The molecule has 2 heterocycles. The SMILES string of the molecule is O=C(O)C1CCCNC1c1cccc2cc[nH]c12. The van der Waals surface area contributed by atoms with Gasteiger partial charge in [-0.3, -0.25) is 4.79 Å². The average Bonchev–Trinajstić information content (AvgIpc) is 2.86. The summed E-state index contributed by atoms with van der Waals surface area (Å²) in [6, 6.07) is 7.95. The number of carbonyl (C=O) groups is 1. The number of hydrogen-bond acceptors (Lipinski definition) is 2. The van der Waals surface area contributed by atoms with Gasteiger partial charge in [-0.1, -0.05) is 18.2 Å². The van der Waals surface area contributed by atoms with Crippen LogP contribution in [0.15, 0.2) is 30.5 Å². The zero-order valence-corrected chi connectivity index (χ0v) is 10.0. The van der Waals surface area contributed by atoms with Crippen molar-refractivity contribution in [3.05, 3.63) is 36.0 Å². The molecule has 0 radical (unpaired) electrons. The zero-order valence-electron chi connectivity index (χ0n) is 10.0. The lowest BCUT2D eigenvalue weighted by atomic mass is 9.85. The zero-order chi connectivity index (χ0) is 12.5. The van der Waals surface area contributed by atoms with Crippen LogP contribution in [0.1, 0.15) is 24.4 Å². The first-order valence-electron chi connectivity index (χ1n) is 6.29. The van der Waals surface area contributed by atoms with E-state index in [9.17, 15) is 9.90 Å². The van der Waals surface area contributed by atoms with Gasteiger partial charge in [0.1, 0.15) is 0 Å². The molecule has 2 aromatic rings. The van der Waals surface area contributed by atoms with Crippen molar-refractivity contribution in [1.82, 2.24) is 10.3 Å². The van der Waals surface area contributed by atoms with Crippen LogP contribution in [0, 0.1) is 5.92 Å². The van der Waals surface area contributed by atoms with Crippen LogP contribution in [0.4, 0.5) is 0 Å². The number of benzene rings is 1. The second kappa shape index (κ2) is 4.46. The summed E-state index contributed by atoms with van der Waals surface area (Å²) in [6.45, 7) is 0.880. The summed E-state index contributed by atoms with van der Waals surface area (Å²) < 4.78 is 0. The molecule has 18 heavy (non-hydrogen) atoms. The molecule has 2 atom stereocenters. The van der Waals surface area contributed by atoms with Crippen molar-refractivity contribution in [1.29, 1.82) is 0 Å². The van der Waals surface area contributed by atoms with Crippen LogP contribution >= 0.6 is 0 Å². The van der Waals surface area contributed by atoms with Gasteiger partial charge in [-0.25, -0.2) is 0 Å². The lowest BCUT2D eigenvalue weighted by Crippen LogP contribution is -2.38. The first kappa shape index (κ1) is 11.3. The maximum atomic E-state index is 11.4. The highest BCUT2D eigenvalue weighted by Gasteiger charge is 2.32. The number of piperidine rings is 1. The highest BCUT2D eigenvalue weighted by Crippen LogP contribution is 2.33. The third kappa shape index (κ3) is 1.78. The van der Waals surface area contributed by atoms with Crippen LogP contribution in [0.25, 0.3) is 10.9 Å². The summed E-state index contributed by atoms with van der Waals surface area (Å²) in [7, 11) is 0. The van der Waals surface area contributed by atoms with E-state index in [1.807, 2.05) is 30.5 Å². The molecule has 3 rings (SSSR count). The van der Waals surface area contributed by atoms with Gasteiger partial charge in [-0.15, -0.1) is 0 Å². The number of fused-ring (bicyclic) bond motifs is 1. The van der Waals surface area contributed by atoms with Gasteiger partial charge >= 0.3 is 5.97 Å². The number of carboxylic acids is 1. The number of aromatic amines is 1. The van der Waals surface area contributed by atoms with E-state index in [-0.39, 0.29) is 12.0 Å². The maximum Gasteiger partial charge on any atom is 0.308 e. The Kier molecular flexibility index (Phi) is 2.80. The number of H-pyrrole nitrogens is 1. The molecule has 0 spiro atoms. The highest BCUT2D eigenvalue weighted by molar-refractivity contribution is 5.84. The summed E-state index contributed by atoms with van der Waals surface area (Å²) in [5.74, 6) is -1.05. The molecule has 94 valence electrons. The van der Waals surface area contributed by atoms with E-state index in [4.69, 9.17) is 0 Å². The minimum Gasteiger partial charge on any atom is -0.481 e. The molecule has 1 fully saturated rings. The Balaban J connectivity index is 2.06. The Hall–Kier alpha value is -1.81. The molecular weight excluding hydrogens is 228 g/mol. The molecule has 0 bridgehead atoms. The quantitative estimate of drug-likeness (QED) is 0.759. The van der Waals surface area contributed by atoms with Crippen molar-refractivity contribution in [3.8, 4) is 0 Å². The number of hydrogen-bond donors (Lipinski definition) is 3. The molecule has 4 nitrogen and oxygen atoms in total. The largest absolute Gasteiger partial charge is 0.481 e. The lowest BCUT2D eigenvalue weighted by Gasteiger charge is -2.30. The fourth-order valence-electron chi connectivity index (χ4n) is 2.85. The van der Waals surface area contributed by atoms with Crippen molar-refractivity contribution >= 4 is 16.9 Å². The number of rotatable bonds is 2. The van der Waals surface area contributed by atoms with Crippen LogP contribution < -0.4 is 5.32 Å². The van der Waals surface area contributed by atoms with Crippen molar-refractivity contribution in [2.75, 3.05) is 6.54 Å². The highest BCUT2D eigenvalue weighted by atomic mass is 16.4. The molecule has 0 aliphatic carbocycles. The van der Waals surface area contributed by atoms with E-state index < -0.39 is 5.97 Å². The van der Waals surface area contributed by atoms with E-state index in [2.05, 4.69) is 10.3 Å². The van der Waals surface area contributed by atoms with Crippen molar-refractivity contribution in [2.45, 2.75) is 18.9 Å². The molecular formula is C14H16N2O2. The van der Waals surface area contributed by atoms with Gasteiger partial charge in [-0.05, 0) is 36.4 Å². The Bertz CT molecular complexity index is 576. The molecule has 1 aliphatic heterocycles. The van der Waals surface area contributed by atoms with Crippen LogP contribution in [0.2, 0.25) is 0 Å². The fraction of sp³-hybridized carbons (Fsp3) is 0.357. The van der Waals surface area contributed by atoms with E-state index in [1.54, 1.807) is 0 Å². The van der Waals surface area contributed by atoms with Crippen LogP contribution in [-0.2, 0) is 4.79 Å². The minimum absolute atomic E-state index is 0.0985. The predicted molar refractivity (Wildman–Crippen MR) is 69.4 cm³/mol. The van der Waals surface area contributed by atoms with Gasteiger partial charge in [0.25, 0.3) is 0 Å². The van der Waals surface area contributed by atoms with Crippen molar-refractivity contribution in [3.63, 3.8) is 0 Å². The topological polar surface area (TPSA) is 65.1 Å². The standard InChI is InChI=1S/C14H16N2O2/c17-14(18)11-5-2-7-15-13(11)10-4-1-3-9-6-8-16-12(9)10/h1,3-4,6,8,11,13,15-16H,2,5,7H2,(H,17,18). The van der Waals surface area contributed by atoms with Crippen molar-refractivity contribution in [2.24, 2.45) is 5.92 Å². The monoisotopic (exact) mass is 244 g/mol. The second-order valence-electron chi connectivity index (χ2n) is 4.81. The first-order valence-corrected chi connectivity index (χ1v) is 6.29. The van der Waals surface area contributed by atoms with Crippen LogP contribution in [0.3, 0.4) is 0 Å². The van der Waals surface area contributed by atoms with Gasteiger partial charge in [0.05, 0.1) is 11.4 Å². The molecule has 1 aliphatic rings. The normalized spacial score (nSPS) is 24.2. The number of aliphatic carboxylic acids is 1. The smallest absolute Gasteiger partial charge is 0.308 e. The third-order valence-corrected chi connectivity index (χ3v) is 3.73. The third-order valence-electron chi connectivity index (χ3n) is 3.73. The molecule has 0 saturated carbocycles. The lowest BCUT2D eigenvalue weighted by molar-refractivity contribution is -0.143. The van der Waals surface area contributed by atoms with E-state index in [0.29, 0.717) is 0 Å². The van der Waals surface area contributed by atoms with Gasteiger partial charge in [0.2, 0.25) is 0 Å². The Labute approximate surface area is 105 Å². The molecule has 1 aromatic heterocycles. The van der Waals surface area contributed by atoms with Crippen LogP contribution in [0.5, 0.6) is 0 Å². The molecule has 4 heteroatoms. The predicted octanol–water partition coefficient (Wildman–Crippen LogP) is 2.29. The van der Waals surface area contributed by atoms with E-state index in [1.165, 1.54) is 0 Å². The Morgan fingerprint density at radius 3 is 3.06 bits per heavy atom. The number of para-hydroxylation sites is 1. The van der Waals surface area contributed by atoms with Gasteiger partial charge in [-0.2, -0.15) is 0 Å². The summed E-state index contributed by atoms with van der Waals surface area (Å²) in [4.78, 5) is 14.6. The molecule has 0 amide bonds. The number of nitrogens with one attached hydrogen (secondary N) is 2. The maximum absolute atomic E-state index is 11.4. The second-order valence-corrected chi connectivity index (χ2v) is 4.81. The fourth-order valence-corrected chi connectivity index (χ4v) is 2.85. The summed E-state index contributed by atoms with van der Waals surface area (Å²) in [5.41, 5.74) is 2.10. The Morgan fingerprint density at radius 1 is 1.33 bits per heavy atom. The molecule has 1 saturated heterocycles. The first-order chi connectivity index (χ1) is 8.77. The molecule has 3 N–H and O–H groups in total. The van der Waals surface area contributed by atoms with Crippen molar-refractivity contribution < 1.29 is 9.90 Å². The van der Waals surface area contributed by atoms with E-state index >= 15 is 0 Å². The average molecular weight is 244 g/mol. The summed E-state index contributed by atoms with van der Waals surface area (Å²) in [5, 5.41) is 13.8. The van der Waals surface area contributed by atoms with Gasteiger partial charge < -0.3 is 15.4 Å². The van der Waals surface area contributed by atoms with Gasteiger partial charge in [0, 0.05) is 12.2 Å². The number of aromatic nitrogens is 1.